The van der Waals surface area contributed by atoms with Gasteiger partial charge in [0.15, 0.2) is 0 Å². The molecule has 2 rings (SSSR count). The number of benzene rings is 1. The van der Waals surface area contributed by atoms with E-state index in [9.17, 15) is 14.7 Å². The van der Waals surface area contributed by atoms with E-state index in [0.29, 0.717) is 30.8 Å². The summed E-state index contributed by atoms with van der Waals surface area (Å²) in [6.07, 6.45) is 2.29. The first-order chi connectivity index (χ1) is 10.3. The Bertz CT molecular complexity index is 593. The van der Waals surface area contributed by atoms with Gasteiger partial charge in [0.05, 0.1) is 5.41 Å². The molecule has 1 atom stereocenters. The second kappa shape index (κ2) is 7.01. The predicted molar refractivity (Wildman–Crippen MR) is 89.0 cm³/mol. The number of hydrogen-bond acceptors (Lipinski definition) is 2. The Balaban J connectivity index is 1.97. The number of halogens is 2. The van der Waals surface area contributed by atoms with E-state index in [1.807, 2.05) is 12.1 Å². The summed E-state index contributed by atoms with van der Waals surface area (Å²) in [6, 6.07) is 5.50. The molecular weight excluding hydrogens is 370 g/mol. The summed E-state index contributed by atoms with van der Waals surface area (Å²) in [5, 5.41) is 9.95. The standard InChI is InChI=1S/C16H19BrClNO3/c1-16(15(21)22)7-2-8-19(10-16)14(20)6-3-11-9-12(18)4-5-13(11)17/h4-5,9H,2-3,6-8,10H2,1H3,(H,21,22). The van der Waals surface area contributed by atoms with Gasteiger partial charge in [0.1, 0.15) is 0 Å². The first kappa shape index (κ1) is 17.3. The van der Waals surface area contributed by atoms with Crippen molar-refractivity contribution in [2.75, 3.05) is 13.1 Å². The van der Waals surface area contributed by atoms with Crippen molar-refractivity contribution in [3.63, 3.8) is 0 Å². The second-order valence-corrected chi connectivity index (χ2v) is 7.31. The largest absolute Gasteiger partial charge is 0.481 e. The number of carbonyl (C=O) groups is 2. The summed E-state index contributed by atoms with van der Waals surface area (Å²) in [5.41, 5.74) is 0.156. The lowest BCUT2D eigenvalue weighted by Gasteiger charge is -2.37. The van der Waals surface area contributed by atoms with Crippen LogP contribution in [0.1, 0.15) is 31.7 Å². The summed E-state index contributed by atoms with van der Waals surface area (Å²) in [7, 11) is 0. The van der Waals surface area contributed by atoms with E-state index in [1.54, 1.807) is 17.9 Å². The van der Waals surface area contributed by atoms with Crippen molar-refractivity contribution in [1.29, 1.82) is 0 Å². The van der Waals surface area contributed by atoms with Gasteiger partial charge in [-0.25, -0.2) is 0 Å². The number of amides is 1. The van der Waals surface area contributed by atoms with Crippen LogP contribution >= 0.6 is 27.5 Å². The van der Waals surface area contributed by atoms with Gasteiger partial charge in [0.2, 0.25) is 5.91 Å². The summed E-state index contributed by atoms with van der Waals surface area (Å²) in [5.74, 6) is -0.832. The Hall–Kier alpha value is -1.07. The van der Waals surface area contributed by atoms with Crippen molar-refractivity contribution in [1.82, 2.24) is 4.90 Å². The van der Waals surface area contributed by atoms with Crippen LogP contribution in [0, 0.1) is 5.41 Å². The van der Waals surface area contributed by atoms with Gasteiger partial charge in [-0.05, 0) is 49.9 Å². The minimum Gasteiger partial charge on any atom is -0.481 e. The zero-order valence-corrected chi connectivity index (χ0v) is 14.8. The molecule has 6 heteroatoms. The molecule has 1 aromatic carbocycles. The normalized spacial score (nSPS) is 21.7. The van der Waals surface area contributed by atoms with Gasteiger partial charge in [-0.2, -0.15) is 0 Å². The molecule has 1 aliphatic rings. The van der Waals surface area contributed by atoms with E-state index in [0.717, 1.165) is 16.5 Å². The molecule has 1 fully saturated rings. The lowest BCUT2D eigenvalue weighted by atomic mass is 9.82. The van der Waals surface area contributed by atoms with Crippen LogP contribution in [-0.4, -0.2) is 35.0 Å². The lowest BCUT2D eigenvalue weighted by Crippen LogP contribution is -2.48. The first-order valence-electron chi connectivity index (χ1n) is 7.27. The van der Waals surface area contributed by atoms with Crippen LogP contribution in [0.4, 0.5) is 0 Å². The molecule has 0 aliphatic carbocycles. The smallest absolute Gasteiger partial charge is 0.311 e. The van der Waals surface area contributed by atoms with Crippen LogP contribution in [0.5, 0.6) is 0 Å². The molecule has 1 aliphatic heterocycles. The van der Waals surface area contributed by atoms with Crippen molar-refractivity contribution in [3.8, 4) is 0 Å². The Morgan fingerprint density at radius 2 is 2.18 bits per heavy atom. The molecule has 1 aromatic rings. The van der Waals surface area contributed by atoms with E-state index in [1.165, 1.54) is 0 Å². The van der Waals surface area contributed by atoms with Crippen molar-refractivity contribution in [3.05, 3.63) is 33.3 Å². The fourth-order valence-corrected chi connectivity index (χ4v) is 3.40. The summed E-state index contributed by atoms with van der Waals surface area (Å²) in [6.45, 7) is 2.64. The van der Waals surface area contributed by atoms with Crippen molar-refractivity contribution >= 4 is 39.4 Å². The monoisotopic (exact) mass is 387 g/mol. The van der Waals surface area contributed by atoms with Gasteiger partial charge in [-0.15, -0.1) is 0 Å². The van der Waals surface area contributed by atoms with Gasteiger partial charge in [0.25, 0.3) is 0 Å². The number of carboxylic acid groups (broad SMARTS) is 1. The van der Waals surface area contributed by atoms with Crippen LogP contribution in [0.2, 0.25) is 5.02 Å². The SMILES string of the molecule is CC1(C(=O)O)CCCN(C(=O)CCc2cc(Cl)ccc2Br)C1. The average Bonchev–Trinajstić information content (AvgIpc) is 2.47. The van der Waals surface area contributed by atoms with Crippen LogP contribution in [0.3, 0.4) is 0 Å². The topological polar surface area (TPSA) is 57.6 Å². The zero-order valence-electron chi connectivity index (χ0n) is 12.4. The molecule has 120 valence electrons. The van der Waals surface area contributed by atoms with Gasteiger partial charge in [-0.3, -0.25) is 9.59 Å². The number of likely N-dealkylation sites (tertiary alicyclic amines) is 1. The van der Waals surface area contributed by atoms with Gasteiger partial charge in [0, 0.05) is 29.0 Å². The maximum atomic E-state index is 12.4. The van der Waals surface area contributed by atoms with E-state index in [4.69, 9.17) is 11.6 Å². The third kappa shape index (κ3) is 4.02. The van der Waals surface area contributed by atoms with Crippen molar-refractivity contribution in [2.45, 2.75) is 32.6 Å². The number of aryl methyl sites for hydroxylation is 1. The lowest BCUT2D eigenvalue weighted by molar-refractivity contribution is -0.153. The molecule has 1 saturated heterocycles. The molecular formula is C16H19BrClNO3. The number of carbonyl (C=O) groups excluding carboxylic acids is 1. The maximum Gasteiger partial charge on any atom is 0.311 e. The molecule has 1 heterocycles. The highest BCUT2D eigenvalue weighted by Crippen LogP contribution is 2.30. The van der Waals surface area contributed by atoms with Gasteiger partial charge < -0.3 is 10.0 Å². The molecule has 1 amide bonds. The molecule has 0 aromatic heterocycles. The van der Waals surface area contributed by atoms with E-state index < -0.39 is 11.4 Å². The number of nitrogens with zero attached hydrogens (tertiary/aromatic N) is 1. The van der Waals surface area contributed by atoms with Crippen LogP contribution < -0.4 is 0 Å². The van der Waals surface area contributed by atoms with E-state index in [-0.39, 0.29) is 12.5 Å². The molecule has 22 heavy (non-hydrogen) atoms. The summed E-state index contributed by atoms with van der Waals surface area (Å²) < 4.78 is 0.929. The van der Waals surface area contributed by atoms with Crippen LogP contribution in [-0.2, 0) is 16.0 Å². The third-order valence-corrected chi connectivity index (χ3v) is 5.19. The molecule has 1 N–H and O–H groups in total. The van der Waals surface area contributed by atoms with Gasteiger partial charge in [-0.1, -0.05) is 27.5 Å². The number of carboxylic acids is 1. The van der Waals surface area contributed by atoms with E-state index >= 15 is 0 Å². The fourth-order valence-electron chi connectivity index (χ4n) is 2.76. The van der Waals surface area contributed by atoms with Crippen molar-refractivity contribution in [2.24, 2.45) is 5.41 Å². The summed E-state index contributed by atoms with van der Waals surface area (Å²) >= 11 is 9.42. The van der Waals surface area contributed by atoms with Gasteiger partial charge >= 0.3 is 5.97 Å². The predicted octanol–water partition coefficient (Wildman–Crippen LogP) is 3.75. The second-order valence-electron chi connectivity index (χ2n) is 6.02. The number of aliphatic carboxylic acids is 1. The highest BCUT2D eigenvalue weighted by atomic mass is 79.9. The number of piperidine rings is 1. The van der Waals surface area contributed by atoms with E-state index in [2.05, 4.69) is 15.9 Å². The average molecular weight is 389 g/mol. The number of hydrogen-bond donors (Lipinski definition) is 1. The Morgan fingerprint density at radius 1 is 1.45 bits per heavy atom. The number of rotatable bonds is 4. The molecule has 0 bridgehead atoms. The highest BCUT2D eigenvalue weighted by Gasteiger charge is 2.39. The van der Waals surface area contributed by atoms with Crippen LogP contribution in [0.25, 0.3) is 0 Å². The highest BCUT2D eigenvalue weighted by molar-refractivity contribution is 9.10. The Labute approximate surface area is 143 Å². The molecule has 1 unspecified atom stereocenters. The maximum absolute atomic E-state index is 12.4. The molecule has 0 radical (unpaired) electrons. The van der Waals surface area contributed by atoms with Crippen molar-refractivity contribution < 1.29 is 14.7 Å². The molecule has 0 spiro atoms. The minimum absolute atomic E-state index is 0.000879. The zero-order chi connectivity index (χ0) is 16.3. The first-order valence-corrected chi connectivity index (χ1v) is 8.44. The fraction of sp³-hybridized carbons (Fsp3) is 0.500. The Morgan fingerprint density at radius 3 is 2.86 bits per heavy atom. The molecule has 0 saturated carbocycles. The minimum atomic E-state index is -0.831. The third-order valence-electron chi connectivity index (χ3n) is 4.18. The van der Waals surface area contributed by atoms with Crippen LogP contribution in [0.15, 0.2) is 22.7 Å². The molecule has 4 nitrogen and oxygen atoms in total. The quantitative estimate of drug-likeness (QED) is 0.854. The summed E-state index contributed by atoms with van der Waals surface area (Å²) in [4.78, 5) is 25.4. The Kier molecular flexibility index (Phi) is 5.50.